The molecule has 0 aromatic heterocycles. The molecule has 36 heavy (non-hydrogen) atoms. The summed E-state index contributed by atoms with van der Waals surface area (Å²) in [5, 5.41) is 2.59. The summed E-state index contributed by atoms with van der Waals surface area (Å²) in [6, 6.07) is 14.7. The normalized spacial score (nSPS) is 12.8. The molecule has 0 aliphatic carbocycles. The predicted molar refractivity (Wildman–Crippen MR) is 124 cm³/mol. The maximum atomic E-state index is 13.7. The molecule has 0 spiro atoms. The fourth-order valence-electron chi connectivity index (χ4n) is 3.07. The lowest BCUT2D eigenvalue weighted by Crippen LogP contribution is -2.44. The van der Waals surface area contributed by atoms with Crippen LogP contribution in [0.5, 0.6) is 11.5 Å². The monoisotopic (exact) mass is 528 g/mol. The smallest absolute Gasteiger partial charge is 0.416 e. The zero-order chi connectivity index (χ0) is 26.3. The number of nitrogens with one attached hydrogen (secondary N) is 2. The van der Waals surface area contributed by atoms with Gasteiger partial charge in [-0.1, -0.05) is 12.1 Å². The Hall–Kier alpha value is -3.18. The molecule has 11 heteroatoms. The van der Waals surface area contributed by atoms with Crippen LogP contribution in [0.1, 0.15) is 24.5 Å². The first-order chi connectivity index (χ1) is 16.9. The molecule has 1 unspecified atom stereocenters. The minimum absolute atomic E-state index is 0.00226. The largest absolute Gasteiger partial charge is 0.457 e. The van der Waals surface area contributed by atoms with E-state index in [4.69, 9.17) is 4.74 Å². The highest BCUT2D eigenvalue weighted by Crippen LogP contribution is 2.31. The minimum atomic E-state index is -4.46. The van der Waals surface area contributed by atoms with Gasteiger partial charge in [0.15, 0.2) is 0 Å². The van der Waals surface area contributed by atoms with Gasteiger partial charge >= 0.3 is 6.18 Å². The van der Waals surface area contributed by atoms with E-state index in [1.807, 2.05) is 0 Å². The Morgan fingerprint density at radius 3 is 2.22 bits per heavy atom. The third kappa shape index (κ3) is 8.80. The van der Waals surface area contributed by atoms with Crippen molar-refractivity contribution >= 4 is 17.9 Å². The van der Waals surface area contributed by atoms with Crippen LogP contribution < -0.4 is 14.8 Å². The Morgan fingerprint density at radius 1 is 0.944 bits per heavy atom. The number of hydrogen-bond donors (Lipinski definition) is 2. The lowest BCUT2D eigenvalue weighted by molar-refractivity contribution is -0.137. The van der Waals surface area contributed by atoms with Gasteiger partial charge in [-0.2, -0.15) is 13.2 Å². The van der Waals surface area contributed by atoms with E-state index < -0.39 is 41.8 Å². The number of ether oxygens (including phenoxy) is 1. The minimum Gasteiger partial charge on any atom is -0.457 e. The molecule has 0 bridgehead atoms. The molecular weight excluding hydrogens is 506 g/mol. The standard InChI is InChI=1S/C25H22F6N2O2S/c1-24(27,28)14-22(33-36-21-11-7-18(26)8-12-21)23(34)32-15-16-3-2-4-20(13-16)35-19-9-5-17(6-10-19)25(29,30)31/h2-13,22,33H,14-15H2,1H3,(H,32,34). The number of hydrogen-bond acceptors (Lipinski definition) is 4. The maximum absolute atomic E-state index is 13.7. The number of halogens is 6. The summed E-state index contributed by atoms with van der Waals surface area (Å²) in [5.74, 6) is -3.72. The number of carbonyl (C=O) groups is 1. The van der Waals surface area contributed by atoms with Gasteiger partial charge in [0.1, 0.15) is 23.4 Å². The van der Waals surface area contributed by atoms with Crippen molar-refractivity contribution in [2.45, 2.75) is 42.9 Å². The van der Waals surface area contributed by atoms with Crippen LogP contribution in [-0.2, 0) is 17.5 Å². The second kappa shape index (κ2) is 11.7. The second-order valence-corrected chi connectivity index (χ2v) is 8.90. The fourth-order valence-corrected chi connectivity index (χ4v) is 3.81. The Balaban J connectivity index is 1.60. The van der Waals surface area contributed by atoms with E-state index in [1.54, 1.807) is 24.3 Å². The van der Waals surface area contributed by atoms with Crippen LogP contribution in [0.4, 0.5) is 26.3 Å². The summed E-state index contributed by atoms with van der Waals surface area (Å²) in [4.78, 5) is 13.2. The van der Waals surface area contributed by atoms with Gasteiger partial charge < -0.3 is 10.1 Å². The van der Waals surface area contributed by atoms with Crippen LogP contribution in [0.25, 0.3) is 0 Å². The van der Waals surface area contributed by atoms with E-state index in [9.17, 15) is 31.1 Å². The molecule has 0 radical (unpaired) electrons. The van der Waals surface area contributed by atoms with E-state index in [2.05, 4.69) is 10.0 Å². The van der Waals surface area contributed by atoms with Crippen LogP contribution in [0, 0.1) is 5.82 Å². The van der Waals surface area contributed by atoms with Crippen molar-refractivity contribution in [2.24, 2.45) is 0 Å². The Labute approximate surface area is 208 Å². The van der Waals surface area contributed by atoms with Gasteiger partial charge in [-0.25, -0.2) is 17.9 Å². The van der Waals surface area contributed by atoms with E-state index in [0.717, 1.165) is 24.1 Å². The topological polar surface area (TPSA) is 50.4 Å². The average molecular weight is 529 g/mol. The number of rotatable bonds is 10. The molecule has 2 N–H and O–H groups in total. The third-order valence-corrected chi connectivity index (χ3v) is 5.70. The summed E-state index contributed by atoms with van der Waals surface area (Å²) in [6.45, 7) is 0.706. The maximum Gasteiger partial charge on any atom is 0.416 e. The summed E-state index contributed by atoms with van der Waals surface area (Å²) in [6.07, 6.45) is -5.22. The number of benzene rings is 3. The molecule has 0 fully saturated rings. The third-order valence-electron chi connectivity index (χ3n) is 4.79. The van der Waals surface area contributed by atoms with Gasteiger partial charge in [-0.15, -0.1) is 0 Å². The Kier molecular flexibility index (Phi) is 8.91. The zero-order valence-corrected chi connectivity index (χ0v) is 19.7. The molecule has 3 rings (SSSR count). The molecule has 0 saturated heterocycles. The van der Waals surface area contributed by atoms with Gasteiger partial charge in [0, 0.05) is 17.9 Å². The van der Waals surface area contributed by atoms with E-state index >= 15 is 0 Å². The van der Waals surface area contributed by atoms with Crippen molar-refractivity contribution in [3.63, 3.8) is 0 Å². The van der Waals surface area contributed by atoms with Crippen molar-refractivity contribution in [1.29, 1.82) is 0 Å². The Morgan fingerprint density at radius 2 is 1.61 bits per heavy atom. The molecule has 192 valence electrons. The summed E-state index contributed by atoms with van der Waals surface area (Å²) in [7, 11) is 0. The lowest BCUT2D eigenvalue weighted by atomic mass is 10.1. The highest BCUT2D eigenvalue weighted by molar-refractivity contribution is 7.97. The van der Waals surface area contributed by atoms with Gasteiger partial charge in [0.05, 0.1) is 5.56 Å². The van der Waals surface area contributed by atoms with Crippen LogP contribution >= 0.6 is 11.9 Å². The van der Waals surface area contributed by atoms with Crippen LogP contribution in [0.15, 0.2) is 77.7 Å². The van der Waals surface area contributed by atoms with Gasteiger partial charge in [0.2, 0.25) is 11.8 Å². The molecule has 3 aromatic carbocycles. The lowest BCUT2D eigenvalue weighted by Gasteiger charge is -2.21. The van der Waals surface area contributed by atoms with E-state index in [-0.39, 0.29) is 12.3 Å². The predicted octanol–water partition coefficient (Wildman–Crippen LogP) is 6.96. The van der Waals surface area contributed by atoms with Crippen molar-refractivity contribution in [3.8, 4) is 11.5 Å². The van der Waals surface area contributed by atoms with E-state index in [1.165, 1.54) is 36.4 Å². The highest BCUT2D eigenvalue weighted by Gasteiger charge is 2.31. The molecule has 0 saturated carbocycles. The van der Waals surface area contributed by atoms with Crippen molar-refractivity contribution in [1.82, 2.24) is 10.0 Å². The van der Waals surface area contributed by atoms with Crippen molar-refractivity contribution in [3.05, 3.63) is 89.7 Å². The summed E-state index contributed by atoms with van der Waals surface area (Å²) in [5.41, 5.74) is -0.217. The van der Waals surface area contributed by atoms with Gasteiger partial charge in [-0.05, 0) is 85.1 Å². The zero-order valence-electron chi connectivity index (χ0n) is 18.9. The number of alkyl halides is 5. The first kappa shape index (κ1) is 27.4. The summed E-state index contributed by atoms with van der Waals surface area (Å²) < 4.78 is 86.8. The molecule has 0 aliphatic heterocycles. The SMILES string of the molecule is CC(F)(F)CC(NSc1ccc(F)cc1)C(=O)NCc1cccc(Oc2ccc(C(F)(F)F)cc2)c1. The van der Waals surface area contributed by atoms with Gasteiger partial charge in [-0.3, -0.25) is 4.79 Å². The molecule has 0 aliphatic rings. The first-order valence-electron chi connectivity index (χ1n) is 10.7. The molecule has 0 heterocycles. The van der Waals surface area contributed by atoms with Crippen molar-refractivity contribution < 1.29 is 35.9 Å². The average Bonchev–Trinajstić information content (AvgIpc) is 2.80. The van der Waals surface area contributed by atoms with Crippen LogP contribution in [0.3, 0.4) is 0 Å². The van der Waals surface area contributed by atoms with Crippen LogP contribution in [-0.4, -0.2) is 17.9 Å². The first-order valence-corrected chi connectivity index (χ1v) is 11.5. The quantitative estimate of drug-likeness (QED) is 0.221. The van der Waals surface area contributed by atoms with Gasteiger partial charge in [0.25, 0.3) is 0 Å². The molecular formula is C25H22F6N2O2S. The summed E-state index contributed by atoms with van der Waals surface area (Å²) >= 11 is 0.933. The fraction of sp³-hybridized carbons (Fsp3) is 0.240. The van der Waals surface area contributed by atoms with Crippen molar-refractivity contribution in [2.75, 3.05) is 0 Å². The number of carbonyl (C=O) groups excluding carboxylic acids is 1. The van der Waals surface area contributed by atoms with E-state index in [0.29, 0.717) is 23.1 Å². The highest BCUT2D eigenvalue weighted by atomic mass is 32.2. The molecule has 1 amide bonds. The second-order valence-electron chi connectivity index (χ2n) is 7.99. The Bertz CT molecular complexity index is 1150. The molecule has 4 nitrogen and oxygen atoms in total. The molecule has 3 aromatic rings. The van der Waals surface area contributed by atoms with Crippen LogP contribution in [0.2, 0.25) is 0 Å². The molecule has 1 atom stereocenters. The number of amides is 1.